The number of nitrogens with zero attached hydrogens (tertiary/aromatic N) is 3. The summed E-state index contributed by atoms with van der Waals surface area (Å²) in [5.41, 5.74) is 2.70. The minimum absolute atomic E-state index is 0.0396. The highest BCUT2D eigenvalue weighted by molar-refractivity contribution is 8.13. The Morgan fingerprint density at radius 1 is 1.19 bits per heavy atom. The summed E-state index contributed by atoms with van der Waals surface area (Å²) in [6.07, 6.45) is 2.63. The van der Waals surface area contributed by atoms with E-state index in [9.17, 15) is 9.59 Å². The van der Waals surface area contributed by atoms with Crippen molar-refractivity contribution in [2.24, 2.45) is 9.98 Å². The normalized spacial score (nSPS) is 16.9. The first-order chi connectivity index (χ1) is 15.6. The van der Waals surface area contributed by atoms with Crippen LogP contribution in [-0.2, 0) is 15.3 Å². The number of para-hydroxylation sites is 1. The lowest BCUT2D eigenvalue weighted by Crippen LogP contribution is -2.44. The Balaban J connectivity index is 1.54. The zero-order chi connectivity index (χ0) is 22.5. The van der Waals surface area contributed by atoms with E-state index in [1.54, 1.807) is 0 Å². The minimum Gasteiger partial charge on any atom is -0.356 e. The van der Waals surface area contributed by atoms with Gasteiger partial charge in [0, 0.05) is 29.3 Å². The molecule has 2 amide bonds. The smallest absolute Gasteiger partial charge is 0.270 e. The van der Waals surface area contributed by atoms with Crippen LogP contribution in [0.1, 0.15) is 43.7 Å². The standard InChI is InChI=1S/C24H25ClN4O2S/c1-2-3-13-26-21(30)12-11-20-23(31)28-22-18-9-4-5-10-19(18)27-24(29(20)22)32-15-16-7-6-8-17(25)14-16/h4-10,14,20H,2-3,11-13,15H2,1H3,(H,26,30). The molecule has 166 valence electrons. The van der Waals surface area contributed by atoms with E-state index in [0.717, 1.165) is 29.7 Å². The van der Waals surface area contributed by atoms with E-state index < -0.39 is 6.04 Å². The van der Waals surface area contributed by atoms with Crippen LogP contribution < -0.4 is 5.32 Å². The van der Waals surface area contributed by atoms with Crippen molar-refractivity contribution in [2.45, 2.75) is 44.4 Å². The number of nitrogens with one attached hydrogen (secondary N) is 1. The Hall–Kier alpha value is -2.64. The van der Waals surface area contributed by atoms with Crippen molar-refractivity contribution in [2.75, 3.05) is 6.54 Å². The molecule has 8 heteroatoms. The zero-order valence-electron chi connectivity index (χ0n) is 17.9. The summed E-state index contributed by atoms with van der Waals surface area (Å²) in [6.45, 7) is 2.74. The largest absolute Gasteiger partial charge is 0.356 e. The summed E-state index contributed by atoms with van der Waals surface area (Å²) in [4.78, 5) is 36.2. The van der Waals surface area contributed by atoms with E-state index in [-0.39, 0.29) is 18.2 Å². The number of benzene rings is 2. The molecule has 1 unspecified atom stereocenters. The fourth-order valence-corrected chi connectivity index (χ4v) is 4.92. The fraction of sp³-hybridized carbons (Fsp3) is 0.333. The van der Waals surface area contributed by atoms with Gasteiger partial charge in [-0.15, -0.1) is 0 Å². The lowest BCUT2D eigenvalue weighted by molar-refractivity contribution is -0.122. The van der Waals surface area contributed by atoms with Crippen LogP contribution in [0.2, 0.25) is 5.02 Å². The third kappa shape index (κ3) is 5.05. The Morgan fingerprint density at radius 3 is 2.84 bits per heavy atom. The summed E-state index contributed by atoms with van der Waals surface area (Å²) in [6, 6.07) is 14.9. The molecule has 0 radical (unpaired) electrons. The number of hydrogen-bond donors (Lipinski definition) is 1. The fourth-order valence-electron chi connectivity index (χ4n) is 3.71. The maximum atomic E-state index is 12.8. The minimum atomic E-state index is -0.527. The highest BCUT2D eigenvalue weighted by Crippen LogP contribution is 2.36. The Bertz CT molecular complexity index is 1090. The van der Waals surface area contributed by atoms with Gasteiger partial charge in [0.2, 0.25) is 5.91 Å². The summed E-state index contributed by atoms with van der Waals surface area (Å²) < 4.78 is 0. The Morgan fingerprint density at radius 2 is 2.03 bits per heavy atom. The van der Waals surface area contributed by atoms with Crippen LogP contribution in [0.15, 0.2) is 58.5 Å². The lowest BCUT2D eigenvalue weighted by atomic mass is 10.1. The van der Waals surface area contributed by atoms with Gasteiger partial charge < -0.3 is 5.32 Å². The Labute approximate surface area is 197 Å². The van der Waals surface area contributed by atoms with E-state index in [0.29, 0.717) is 34.7 Å². The molecule has 2 heterocycles. The maximum absolute atomic E-state index is 12.8. The second kappa shape index (κ2) is 10.3. The van der Waals surface area contributed by atoms with Crippen LogP contribution in [0, 0.1) is 0 Å². The average Bonchev–Trinajstić information content (AvgIpc) is 3.12. The van der Waals surface area contributed by atoms with Gasteiger partial charge in [-0.3, -0.25) is 14.5 Å². The molecule has 1 N–H and O–H groups in total. The predicted octanol–water partition coefficient (Wildman–Crippen LogP) is 4.93. The number of fused-ring (bicyclic) bond motifs is 3. The van der Waals surface area contributed by atoms with Gasteiger partial charge in [-0.1, -0.05) is 61.0 Å². The topological polar surface area (TPSA) is 74.1 Å². The number of thioether (sulfide) groups is 1. The summed E-state index contributed by atoms with van der Waals surface area (Å²) >= 11 is 7.67. The third-order valence-electron chi connectivity index (χ3n) is 5.36. The number of aliphatic imine (C=N–C) groups is 2. The van der Waals surface area contributed by atoms with Crippen molar-refractivity contribution in [1.82, 2.24) is 10.2 Å². The van der Waals surface area contributed by atoms with Gasteiger partial charge >= 0.3 is 0 Å². The average molecular weight is 469 g/mol. The first-order valence-electron chi connectivity index (χ1n) is 10.8. The quantitative estimate of drug-likeness (QED) is 0.557. The van der Waals surface area contributed by atoms with E-state index in [2.05, 4.69) is 17.2 Å². The lowest BCUT2D eigenvalue weighted by Gasteiger charge is -2.31. The molecule has 0 spiro atoms. The number of carbonyl (C=O) groups excluding carboxylic acids is 2. The maximum Gasteiger partial charge on any atom is 0.270 e. The Kier molecular flexibility index (Phi) is 7.27. The van der Waals surface area contributed by atoms with Crippen LogP contribution in [0.3, 0.4) is 0 Å². The highest BCUT2D eigenvalue weighted by Gasteiger charge is 2.41. The zero-order valence-corrected chi connectivity index (χ0v) is 19.5. The van der Waals surface area contributed by atoms with Crippen molar-refractivity contribution in [3.63, 3.8) is 0 Å². The van der Waals surface area contributed by atoms with Crippen LogP contribution in [-0.4, -0.2) is 40.3 Å². The van der Waals surface area contributed by atoms with Gasteiger partial charge in [0.15, 0.2) is 5.17 Å². The number of unbranched alkanes of at least 4 members (excludes halogenated alkanes) is 1. The van der Waals surface area contributed by atoms with E-state index >= 15 is 0 Å². The van der Waals surface area contributed by atoms with Crippen molar-refractivity contribution >= 4 is 51.9 Å². The molecule has 0 aliphatic carbocycles. The first kappa shape index (κ1) is 22.6. The number of hydrogen-bond acceptors (Lipinski definition) is 5. The van der Waals surface area contributed by atoms with Crippen molar-refractivity contribution in [1.29, 1.82) is 0 Å². The van der Waals surface area contributed by atoms with Crippen LogP contribution in [0.25, 0.3) is 0 Å². The molecular weight excluding hydrogens is 444 g/mol. The first-order valence-corrected chi connectivity index (χ1v) is 12.2. The van der Waals surface area contributed by atoms with Crippen molar-refractivity contribution in [3.05, 3.63) is 64.7 Å². The van der Waals surface area contributed by atoms with Gasteiger partial charge in [0.1, 0.15) is 11.9 Å². The number of amides is 2. The molecule has 0 aromatic heterocycles. The summed E-state index contributed by atoms with van der Waals surface area (Å²) in [5, 5.41) is 4.32. The molecule has 4 rings (SSSR count). The number of carbonyl (C=O) groups is 2. The highest BCUT2D eigenvalue weighted by atomic mass is 35.5. The molecule has 2 aliphatic heterocycles. The second-order valence-electron chi connectivity index (χ2n) is 7.73. The molecule has 0 saturated carbocycles. The second-order valence-corrected chi connectivity index (χ2v) is 9.11. The predicted molar refractivity (Wildman–Crippen MR) is 131 cm³/mol. The van der Waals surface area contributed by atoms with Crippen LogP contribution in [0.5, 0.6) is 0 Å². The van der Waals surface area contributed by atoms with E-state index in [1.807, 2.05) is 53.4 Å². The third-order valence-corrected chi connectivity index (χ3v) is 6.62. The van der Waals surface area contributed by atoms with Gasteiger partial charge in [-0.2, -0.15) is 4.99 Å². The molecule has 1 atom stereocenters. The van der Waals surface area contributed by atoms with Crippen molar-refractivity contribution in [3.8, 4) is 0 Å². The summed E-state index contributed by atoms with van der Waals surface area (Å²) in [7, 11) is 0. The number of halogens is 1. The van der Waals surface area contributed by atoms with Crippen LogP contribution >= 0.6 is 23.4 Å². The molecule has 2 aromatic carbocycles. The number of amidine groups is 2. The van der Waals surface area contributed by atoms with Gasteiger partial charge in [-0.25, -0.2) is 4.99 Å². The monoisotopic (exact) mass is 468 g/mol. The molecule has 32 heavy (non-hydrogen) atoms. The molecular formula is C24H25ClN4O2S. The van der Waals surface area contributed by atoms with E-state index in [4.69, 9.17) is 16.6 Å². The molecule has 0 bridgehead atoms. The van der Waals surface area contributed by atoms with Crippen molar-refractivity contribution < 1.29 is 9.59 Å². The van der Waals surface area contributed by atoms with E-state index in [1.165, 1.54) is 11.8 Å². The molecule has 0 saturated heterocycles. The van der Waals surface area contributed by atoms with Crippen LogP contribution in [0.4, 0.5) is 5.69 Å². The molecule has 6 nitrogen and oxygen atoms in total. The van der Waals surface area contributed by atoms with Gasteiger partial charge in [0.05, 0.1) is 5.69 Å². The van der Waals surface area contributed by atoms with Gasteiger partial charge in [-0.05, 0) is 42.7 Å². The molecule has 0 fully saturated rings. The SMILES string of the molecule is CCCCNC(=O)CCC1C(=O)N=C2c3ccccc3N=C(SCc3cccc(Cl)c3)N21. The number of rotatable bonds is 8. The van der Waals surface area contributed by atoms with Gasteiger partial charge in [0.25, 0.3) is 5.91 Å². The molecule has 2 aromatic rings. The summed E-state index contributed by atoms with van der Waals surface area (Å²) in [5.74, 6) is 1.01. The molecule has 2 aliphatic rings.